The Morgan fingerprint density at radius 1 is 1.06 bits per heavy atom. The van der Waals surface area contributed by atoms with E-state index in [1.54, 1.807) is 7.11 Å². The van der Waals surface area contributed by atoms with Crippen molar-refractivity contribution in [2.75, 3.05) is 46.9 Å². The monoisotopic (exact) mass is 468 g/mol. The Kier molecular flexibility index (Phi) is 8.13. The number of rotatable bonds is 6. The quantitative estimate of drug-likeness (QED) is 0.595. The molecule has 2 unspecified atom stereocenters. The first kappa shape index (κ1) is 24.3. The summed E-state index contributed by atoms with van der Waals surface area (Å²) in [5, 5.41) is 13.3. The van der Waals surface area contributed by atoms with Gasteiger partial charge in [0.2, 0.25) is 0 Å². The summed E-state index contributed by atoms with van der Waals surface area (Å²) in [7, 11) is 3.90. The summed E-state index contributed by atoms with van der Waals surface area (Å²) in [6.45, 7) is 5.23. The van der Waals surface area contributed by atoms with Gasteiger partial charge in [0.05, 0.1) is 12.7 Å². The van der Waals surface area contributed by atoms with E-state index in [0.717, 1.165) is 85.9 Å². The lowest BCUT2D eigenvalue weighted by atomic mass is 9.74. The minimum atomic E-state index is -0.923. The molecule has 1 aliphatic carbocycles. The first-order valence-corrected chi connectivity index (χ1v) is 12.6. The fourth-order valence-corrected chi connectivity index (χ4v) is 5.49. The molecule has 2 aromatic carbocycles. The Labute approximate surface area is 203 Å². The zero-order valence-electron chi connectivity index (χ0n) is 20.0. The van der Waals surface area contributed by atoms with Crippen molar-refractivity contribution >= 4 is 17.7 Å². The predicted octanol–water partition coefficient (Wildman–Crippen LogP) is 5.14. The molecule has 1 aliphatic heterocycles. The van der Waals surface area contributed by atoms with Crippen LogP contribution in [0.15, 0.2) is 54.1 Å². The van der Waals surface area contributed by atoms with Crippen LogP contribution in [-0.2, 0) is 6.42 Å². The molecule has 33 heavy (non-hydrogen) atoms. The van der Waals surface area contributed by atoms with E-state index in [1.807, 2.05) is 42.5 Å². The van der Waals surface area contributed by atoms with E-state index in [4.69, 9.17) is 16.3 Å². The zero-order valence-corrected chi connectivity index (χ0v) is 20.7. The van der Waals surface area contributed by atoms with Gasteiger partial charge in [0.25, 0.3) is 0 Å². The second-order valence-corrected chi connectivity index (χ2v) is 10.1. The number of piperazine rings is 1. The molecule has 0 bridgehead atoms. The van der Waals surface area contributed by atoms with Gasteiger partial charge in [-0.15, -0.1) is 0 Å². The topological polar surface area (TPSA) is 35.9 Å². The second kappa shape index (κ2) is 11.1. The van der Waals surface area contributed by atoms with Crippen LogP contribution in [0.3, 0.4) is 0 Å². The van der Waals surface area contributed by atoms with Gasteiger partial charge < -0.3 is 19.6 Å². The zero-order chi connectivity index (χ0) is 23.3. The summed E-state index contributed by atoms with van der Waals surface area (Å²) in [4.78, 5) is 4.93. The number of para-hydroxylation sites is 1. The van der Waals surface area contributed by atoms with Crippen molar-refractivity contribution in [3.8, 4) is 5.75 Å². The SMILES string of the molecule is COc1ccccc1CC1(O)/C(=C\c2ccc(Cl)cc2)CCCCC1CN1CCN(C)CC1. The minimum absolute atomic E-state index is 0.173. The Morgan fingerprint density at radius 3 is 2.52 bits per heavy atom. The highest BCUT2D eigenvalue weighted by atomic mass is 35.5. The molecule has 4 nitrogen and oxygen atoms in total. The van der Waals surface area contributed by atoms with E-state index in [9.17, 15) is 5.11 Å². The van der Waals surface area contributed by atoms with E-state index < -0.39 is 5.60 Å². The number of hydrogen-bond donors (Lipinski definition) is 1. The Morgan fingerprint density at radius 2 is 1.79 bits per heavy atom. The van der Waals surface area contributed by atoms with E-state index in [1.165, 1.54) is 0 Å². The van der Waals surface area contributed by atoms with Crippen LogP contribution in [0.25, 0.3) is 6.08 Å². The van der Waals surface area contributed by atoms with Crippen molar-refractivity contribution in [2.45, 2.75) is 37.7 Å². The van der Waals surface area contributed by atoms with E-state index in [2.05, 4.69) is 29.0 Å². The third-order valence-electron chi connectivity index (χ3n) is 7.42. The Bertz CT molecular complexity index is 937. The number of nitrogens with zero attached hydrogens (tertiary/aromatic N) is 2. The van der Waals surface area contributed by atoms with Gasteiger partial charge in [0.1, 0.15) is 5.75 Å². The molecule has 0 aromatic heterocycles. The molecule has 1 N–H and O–H groups in total. The van der Waals surface area contributed by atoms with Crippen molar-refractivity contribution in [2.24, 2.45) is 5.92 Å². The van der Waals surface area contributed by atoms with Gasteiger partial charge in [-0.2, -0.15) is 0 Å². The maximum absolute atomic E-state index is 12.6. The molecule has 0 amide bonds. The molecule has 5 heteroatoms. The Hall–Kier alpha value is -1.85. The lowest BCUT2D eigenvalue weighted by molar-refractivity contribution is -0.00677. The molecule has 0 radical (unpaired) electrons. The molecule has 4 rings (SSSR count). The maximum Gasteiger partial charge on any atom is 0.122 e. The highest BCUT2D eigenvalue weighted by molar-refractivity contribution is 6.30. The number of halogens is 1. The molecule has 2 aromatic rings. The van der Waals surface area contributed by atoms with Crippen LogP contribution < -0.4 is 4.74 Å². The van der Waals surface area contributed by atoms with Crippen LogP contribution in [0.1, 0.15) is 36.8 Å². The van der Waals surface area contributed by atoms with Crippen LogP contribution in [0.4, 0.5) is 0 Å². The van der Waals surface area contributed by atoms with E-state index in [-0.39, 0.29) is 5.92 Å². The number of benzene rings is 2. The molecule has 1 heterocycles. The number of likely N-dealkylation sites (N-methyl/N-ethyl adjacent to an activating group) is 1. The average Bonchev–Trinajstić information content (AvgIpc) is 2.96. The minimum Gasteiger partial charge on any atom is -0.496 e. The molecule has 1 saturated carbocycles. The van der Waals surface area contributed by atoms with Crippen LogP contribution in [-0.4, -0.2) is 67.4 Å². The molecular weight excluding hydrogens is 432 g/mol. The largest absolute Gasteiger partial charge is 0.496 e. The normalized spacial score (nSPS) is 26.3. The average molecular weight is 469 g/mol. The summed E-state index contributed by atoms with van der Waals surface area (Å²) in [5.74, 6) is 1.02. The first-order chi connectivity index (χ1) is 16.0. The summed E-state index contributed by atoms with van der Waals surface area (Å²) in [6, 6.07) is 16.0. The van der Waals surface area contributed by atoms with Crippen molar-refractivity contribution in [3.63, 3.8) is 0 Å². The van der Waals surface area contributed by atoms with Crippen LogP contribution >= 0.6 is 11.6 Å². The molecule has 2 fully saturated rings. The van der Waals surface area contributed by atoms with Gasteiger partial charge in [-0.25, -0.2) is 0 Å². The fourth-order valence-electron chi connectivity index (χ4n) is 5.36. The summed E-state index contributed by atoms with van der Waals surface area (Å²) < 4.78 is 5.67. The van der Waals surface area contributed by atoms with Gasteiger partial charge in [-0.05, 0) is 61.2 Å². The summed E-state index contributed by atoms with van der Waals surface area (Å²) in [5.41, 5.74) is 2.36. The van der Waals surface area contributed by atoms with E-state index in [0.29, 0.717) is 6.42 Å². The lowest BCUT2D eigenvalue weighted by Crippen LogP contribution is -2.51. The van der Waals surface area contributed by atoms with Crippen LogP contribution in [0, 0.1) is 5.92 Å². The molecule has 2 aliphatic rings. The third kappa shape index (κ3) is 5.99. The van der Waals surface area contributed by atoms with Crippen molar-refractivity contribution in [1.29, 1.82) is 0 Å². The first-order valence-electron chi connectivity index (χ1n) is 12.2. The van der Waals surface area contributed by atoms with E-state index >= 15 is 0 Å². The number of methoxy groups -OCH3 is 1. The molecule has 0 spiro atoms. The van der Waals surface area contributed by atoms with Crippen molar-refractivity contribution in [3.05, 3.63) is 70.3 Å². The van der Waals surface area contributed by atoms with Gasteiger partial charge in [-0.1, -0.05) is 54.4 Å². The third-order valence-corrected chi connectivity index (χ3v) is 7.67. The molecule has 1 saturated heterocycles. The van der Waals surface area contributed by atoms with Gasteiger partial charge in [0, 0.05) is 50.1 Å². The standard InChI is InChI=1S/C28H37ClN2O2/c1-30-15-17-31(18-16-30)21-25-9-5-4-8-24(19-22-11-13-26(29)14-12-22)28(25,32)20-23-7-3-6-10-27(23)33-2/h3,6-7,10-14,19,25,32H,4-5,8-9,15-18,20-21H2,1-2H3/b24-19-. The van der Waals surface area contributed by atoms with Crippen molar-refractivity contribution < 1.29 is 9.84 Å². The maximum atomic E-state index is 12.6. The molecular formula is C28H37ClN2O2. The second-order valence-electron chi connectivity index (χ2n) is 9.68. The van der Waals surface area contributed by atoms with Gasteiger partial charge >= 0.3 is 0 Å². The lowest BCUT2D eigenvalue weighted by Gasteiger charge is -2.42. The molecule has 2 atom stereocenters. The van der Waals surface area contributed by atoms with Crippen LogP contribution in [0.2, 0.25) is 5.02 Å². The predicted molar refractivity (Wildman–Crippen MR) is 137 cm³/mol. The Balaban J connectivity index is 1.70. The number of hydrogen-bond acceptors (Lipinski definition) is 4. The fraction of sp³-hybridized carbons (Fsp3) is 0.500. The van der Waals surface area contributed by atoms with Crippen LogP contribution in [0.5, 0.6) is 5.75 Å². The highest BCUT2D eigenvalue weighted by Gasteiger charge is 2.42. The van der Waals surface area contributed by atoms with Gasteiger partial charge in [-0.3, -0.25) is 0 Å². The van der Waals surface area contributed by atoms with Gasteiger partial charge in [0.15, 0.2) is 0 Å². The summed E-state index contributed by atoms with van der Waals surface area (Å²) in [6.07, 6.45) is 6.96. The number of aliphatic hydroxyl groups is 1. The number of ether oxygens (including phenoxy) is 1. The summed E-state index contributed by atoms with van der Waals surface area (Å²) >= 11 is 6.13. The smallest absolute Gasteiger partial charge is 0.122 e. The van der Waals surface area contributed by atoms with Crippen molar-refractivity contribution in [1.82, 2.24) is 9.80 Å². The molecule has 178 valence electrons. The highest BCUT2D eigenvalue weighted by Crippen LogP contribution is 2.42.